The Morgan fingerprint density at radius 2 is 2.37 bits per heavy atom. The maximum absolute atomic E-state index is 10.4. The minimum absolute atomic E-state index is 0.186. The van der Waals surface area contributed by atoms with Crippen LogP contribution in [0.5, 0.6) is 5.75 Å². The van der Waals surface area contributed by atoms with E-state index in [4.69, 9.17) is 4.74 Å². The van der Waals surface area contributed by atoms with Gasteiger partial charge in [0.25, 0.3) is 0 Å². The summed E-state index contributed by atoms with van der Waals surface area (Å²) in [4.78, 5) is 0. The second-order valence-corrected chi connectivity index (χ2v) is 5.43. The van der Waals surface area contributed by atoms with Gasteiger partial charge >= 0.3 is 0 Å². The zero-order valence-corrected chi connectivity index (χ0v) is 11.4. The highest BCUT2D eigenvalue weighted by Crippen LogP contribution is 2.33. The highest BCUT2D eigenvalue weighted by molar-refractivity contribution is 5.60. The van der Waals surface area contributed by atoms with Crippen molar-refractivity contribution in [2.75, 3.05) is 18.4 Å². The lowest BCUT2D eigenvalue weighted by Crippen LogP contribution is -2.31. The molecule has 19 heavy (non-hydrogen) atoms. The minimum Gasteiger partial charge on any atom is -0.486 e. The van der Waals surface area contributed by atoms with Crippen LogP contribution in [0.25, 0.3) is 0 Å². The maximum Gasteiger partial charge on any atom is 0.142 e. The summed E-state index contributed by atoms with van der Waals surface area (Å²) in [5, 5.41) is 17.1. The molecule has 0 saturated carbocycles. The summed E-state index contributed by atoms with van der Waals surface area (Å²) < 4.78 is 5.88. The standard InChI is InChI=1S/C15H22N2O2/c1-2-11-9-17-13-8-10(5-6-14(13)19-11)15(18)12-4-3-7-16-12/h5-6,8,11-12,15-18H,2-4,7,9H2,1H3. The van der Waals surface area contributed by atoms with Crippen LogP contribution in [0.1, 0.15) is 37.9 Å². The molecule has 2 aliphatic rings. The lowest BCUT2D eigenvalue weighted by Gasteiger charge is -2.28. The van der Waals surface area contributed by atoms with Gasteiger partial charge in [-0.1, -0.05) is 13.0 Å². The Bertz CT molecular complexity index is 444. The maximum atomic E-state index is 10.4. The molecular formula is C15H22N2O2. The minimum atomic E-state index is -0.432. The molecule has 0 radical (unpaired) electrons. The normalized spacial score (nSPS) is 27.3. The third-order valence-electron chi connectivity index (χ3n) is 4.09. The topological polar surface area (TPSA) is 53.5 Å². The number of ether oxygens (including phenoxy) is 1. The molecule has 2 heterocycles. The number of fused-ring (bicyclic) bond motifs is 1. The van der Waals surface area contributed by atoms with Crippen LogP contribution in [-0.4, -0.2) is 30.3 Å². The molecule has 2 aliphatic heterocycles. The van der Waals surface area contributed by atoms with Gasteiger partial charge in [-0.2, -0.15) is 0 Å². The fourth-order valence-corrected chi connectivity index (χ4v) is 2.86. The van der Waals surface area contributed by atoms with Crippen LogP contribution < -0.4 is 15.4 Å². The summed E-state index contributed by atoms with van der Waals surface area (Å²) in [6, 6.07) is 6.15. The van der Waals surface area contributed by atoms with Crippen LogP contribution >= 0.6 is 0 Å². The number of anilines is 1. The van der Waals surface area contributed by atoms with Crippen molar-refractivity contribution in [3.63, 3.8) is 0 Å². The molecule has 0 amide bonds. The Labute approximate surface area is 114 Å². The number of hydrogen-bond donors (Lipinski definition) is 3. The van der Waals surface area contributed by atoms with E-state index in [9.17, 15) is 5.11 Å². The van der Waals surface area contributed by atoms with Gasteiger partial charge in [-0.15, -0.1) is 0 Å². The van der Waals surface area contributed by atoms with E-state index in [2.05, 4.69) is 17.6 Å². The van der Waals surface area contributed by atoms with Crippen molar-refractivity contribution in [1.29, 1.82) is 0 Å². The molecule has 1 aromatic rings. The van der Waals surface area contributed by atoms with Crippen LogP contribution in [-0.2, 0) is 0 Å². The molecule has 3 N–H and O–H groups in total. The quantitative estimate of drug-likeness (QED) is 0.780. The van der Waals surface area contributed by atoms with Crippen molar-refractivity contribution in [2.45, 2.75) is 44.4 Å². The summed E-state index contributed by atoms with van der Waals surface area (Å²) in [6.45, 7) is 3.97. The number of hydrogen-bond acceptors (Lipinski definition) is 4. The molecule has 0 bridgehead atoms. The first-order valence-corrected chi connectivity index (χ1v) is 7.24. The Hall–Kier alpha value is -1.26. The van der Waals surface area contributed by atoms with Crippen molar-refractivity contribution in [2.24, 2.45) is 0 Å². The largest absolute Gasteiger partial charge is 0.486 e. The summed E-state index contributed by atoms with van der Waals surface area (Å²) in [5.41, 5.74) is 1.96. The van der Waals surface area contributed by atoms with E-state index >= 15 is 0 Å². The number of aliphatic hydroxyl groups excluding tert-OH is 1. The van der Waals surface area contributed by atoms with E-state index in [-0.39, 0.29) is 12.1 Å². The van der Waals surface area contributed by atoms with Gasteiger partial charge in [-0.3, -0.25) is 0 Å². The van der Waals surface area contributed by atoms with E-state index in [1.165, 1.54) is 0 Å². The highest BCUT2D eigenvalue weighted by Gasteiger charge is 2.25. The molecular weight excluding hydrogens is 240 g/mol. The van der Waals surface area contributed by atoms with E-state index in [1.807, 2.05) is 18.2 Å². The van der Waals surface area contributed by atoms with Gasteiger partial charge in [-0.25, -0.2) is 0 Å². The summed E-state index contributed by atoms with van der Waals surface area (Å²) >= 11 is 0. The molecule has 1 fully saturated rings. The number of rotatable bonds is 3. The second-order valence-electron chi connectivity index (χ2n) is 5.43. The highest BCUT2D eigenvalue weighted by atomic mass is 16.5. The molecule has 3 atom stereocenters. The van der Waals surface area contributed by atoms with Gasteiger partial charge in [0.2, 0.25) is 0 Å². The first-order valence-electron chi connectivity index (χ1n) is 7.24. The zero-order chi connectivity index (χ0) is 13.2. The van der Waals surface area contributed by atoms with E-state index in [0.29, 0.717) is 0 Å². The fraction of sp³-hybridized carbons (Fsp3) is 0.600. The van der Waals surface area contributed by atoms with E-state index < -0.39 is 6.10 Å². The van der Waals surface area contributed by atoms with Crippen LogP contribution in [0.15, 0.2) is 18.2 Å². The van der Waals surface area contributed by atoms with E-state index in [1.54, 1.807) is 0 Å². The number of aliphatic hydroxyl groups is 1. The van der Waals surface area contributed by atoms with Gasteiger partial charge in [0.1, 0.15) is 11.9 Å². The summed E-state index contributed by atoms with van der Waals surface area (Å²) in [6.07, 6.45) is 3.01. The average Bonchev–Trinajstić information content (AvgIpc) is 2.99. The predicted octanol–water partition coefficient (Wildman–Crippen LogP) is 2.05. The Balaban J connectivity index is 1.77. The molecule has 3 rings (SSSR count). The molecule has 3 unspecified atom stereocenters. The second kappa shape index (κ2) is 5.39. The van der Waals surface area contributed by atoms with E-state index in [0.717, 1.165) is 49.4 Å². The summed E-state index contributed by atoms with van der Waals surface area (Å²) in [5.74, 6) is 0.897. The molecule has 104 valence electrons. The van der Waals surface area contributed by atoms with Crippen LogP contribution in [0.2, 0.25) is 0 Å². The third-order valence-corrected chi connectivity index (χ3v) is 4.09. The lowest BCUT2D eigenvalue weighted by atomic mass is 10.00. The van der Waals surface area contributed by atoms with Gasteiger partial charge in [0.05, 0.1) is 18.3 Å². The lowest BCUT2D eigenvalue weighted by molar-refractivity contribution is 0.137. The van der Waals surface area contributed by atoms with Crippen molar-refractivity contribution in [3.8, 4) is 5.75 Å². The fourth-order valence-electron chi connectivity index (χ4n) is 2.86. The van der Waals surface area contributed by atoms with Gasteiger partial charge in [0.15, 0.2) is 0 Å². The Morgan fingerprint density at radius 1 is 1.47 bits per heavy atom. The monoisotopic (exact) mass is 262 g/mol. The zero-order valence-electron chi connectivity index (χ0n) is 11.4. The van der Waals surface area contributed by atoms with Crippen LogP contribution in [0, 0.1) is 0 Å². The molecule has 4 heteroatoms. The van der Waals surface area contributed by atoms with Gasteiger partial charge in [-0.05, 0) is 43.5 Å². The SMILES string of the molecule is CCC1CNc2cc(C(O)C3CCCN3)ccc2O1. The number of benzene rings is 1. The van der Waals surface area contributed by atoms with Crippen LogP contribution in [0.3, 0.4) is 0 Å². The van der Waals surface area contributed by atoms with Gasteiger partial charge in [0, 0.05) is 6.04 Å². The van der Waals surface area contributed by atoms with Crippen molar-refractivity contribution < 1.29 is 9.84 Å². The molecule has 4 nitrogen and oxygen atoms in total. The Kier molecular flexibility index (Phi) is 3.62. The molecule has 0 aliphatic carbocycles. The van der Waals surface area contributed by atoms with Crippen molar-refractivity contribution in [1.82, 2.24) is 5.32 Å². The first kappa shape index (κ1) is 12.8. The predicted molar refractivity (Wildman–Crippen MR) is 75.6 cm³/mol. The third kappa shape index (κ3) is 2.55. The van der Waals surface area contributed by atoms with Gasteiger partial charge < -0.3 is 20.5 Å². The smallest absolute Gasteiger partial charge is 0.142 e. The Morgan fingerprint density at radius 3 is 3.11 bits per heavy atom. The van der Waals surface area contributed by atoms with Crippen molar-refractivity contribution >= 4 is 5.69 Å². The molecule has 1 aromatic carbocycles. The average molecular weight is 262 g/mol. The molecule has 0 spiro atoms. The van der Waals surface area contributed by atoms with Crippen molar-refractivity contribution in [3.05, 3.63) is 23.8 Å². The molecule has 0 aromatic heterocycles. The summed E-state index contributed by atoms with van der Waals surface area (Å²) in [7, 11) is 0. The number of nitrogens with one attached hydrogen (secondary N) is 2. The first-order chi connectivity index (χ1) is 9.28. The molecule has 1 saturated heterocycles. The van der Waals surface area contributed by atoms with Crippen LogP contribution in [0.4, 0.5) is 5.69 Å².